The maximum absolute atomic E-state index is 11.7. The Kier molecular flexibility index (Phi) is 6.71. The number of hydrogen-bond donors (Lipinski definition) is 2. The molecule has 1 amide bonds. The number of amides is 1. The van der Waals surface area contributed by atoms with E-state index >= 15 is 0 Å². The van der Waals surface area contributed by atoms with Gasteiger partial charge in [-0.25, -0.2) is 0 Å². The molecule has 1 atom stereocenters. The van der Waals surface area contributed by atoms with E-state index in [-0.39, 0.29) is 24.4 Å². The SMILES string of the molecule is CC(N)CCNC(=O)c1cc(Br)cn1C.Cl. The molecule has 1 aromatic heterocycles. The van der Waals surface area contributed by atoms with Crippen LogP contribution in [0.4, 0.5) is 0 Å². The number of hydrogen-bond acceptors (Lipinski definition) is 2. The first kappa shape index (κ1) is 15.5. The van der Waals surface area contributed by atoms with Crippen molar-refractivity contribution in [3.8, 4) is 0 Å². The molecule has 16 heavy (non-hydrogen) atoms. The number of nitrogens with zero attached hydrogens (tertiary/aromatic N) is 1. The Morgan fingerprint density at radius 2 is 2.31 bits per heavy atom. The van der Waals surface area contributed by atoms with Crippen molar-refractivity contribution in [2.24, 2.45) is 12.8 Å². The Labute approximate surface area is 110 Å². The number of carbonyl (C=O) groups is 1. The van der Waals surface area contributed by atoms with Gasteiger partial charge < -0.3 is 15.6 Å². The maximum atomic E-state index is 11.7. The molecular weight excluding hydrogens is 293 g/mol. The molecule has 0 saturated heterocycles. The van der Waals surface area contributed by atoms with Crippen LogP contribution in [0, 0.1) is 0 Å². The van der Waals surface area contributed by atoms with Crippen LogP contribution in [-0.4, -0.2) is 23.1 Å². The van der Waals surface area contributed by atoms with Crippen LogP contribution >= 0.6 is 28.3 Å². The lowest BCUT2D eigenvalue weighted by atomic mass is 10.2. The molecule has 1 unspecified atom stereocenters. The van der Waals surface area contributed by atoms with Crippen molar-refractivity contribution in [1.29, 1.82) is 0 Å². The molecule has 92 valence electrons. The third-order valence-electron chi connectivity index (χ3n) is 2.09. The molecular formula is C10H17BrClN3O. The highest BCUT2D eigenvalue weighted by molar-refractivity contribution is 9.10. The third kappa shape index (κ3) is 4.55. The molecule has 0 aromatic carbocycles. The molecule has 0 aliphatic rings. The second kappa shape index (κ2) is 6.93. The molecule has 0 radical (unpaired) electrons. The van der Waals surface area contributed by atoms with Crippen molar-refractivity contribution in [3.05, 3.63) is 22.4 Å². The predicted octanol–water partition coefficient (Wildman–Crippen LogP) is 1.68. The van der Waals surface area contributed by atoms with Crippen LogP contribution in [0.3, 0.4) is 0 Å². The number of carbonyl (C=O) groups excluding carboxylic acids is 1. The molecule has 6 heteroatoms. The summed E-state index contributed by atoms with van der Waals surface area (Å²) in [5, 5.41) is 2.82. The largest absolute Gasteiger partial charge is 0.351 e. The van der Waals surface area contributed by atoms with Gasteiger partial charge in [-0.3, -0.25) is 4.79 Å². The summed E-state index contributed by atoms with van der Waals surface area (Å²) in [5.41, 5.74) is 6.23. The van der Waals surface area contributed by atoms with Crippen LogP contribution < -0.4 is 11.1 Å². The van der Waals surface area contributed by atoms with Crippen molar-refractivity contribution >= 4 is 34.2 Å². The molecule has 1 rings (SSSR count). The summed E-state index contributed by atoms with van der Waals surface area (Å²) >= 11 is 3.32. The van der Waals surface area contributed by atoms with Gasteiger partial charge in [0, 0.05) is 30.3 Å². The van der Waals surface area contributed by atoms with E-state index in [1.807, 2.05) is 20.2 Å². The minimum atomic E-state index is -0.0659. The van der Waals surface area contributed by atoms with Crippen LogP contribution in [0.25, 0.3) is 0 Å². The second-order valence-corrected chi connectivity index (χ2v) is 4.59. The van der Waals surface area contributed by atoms with Gasteiger partial charge in [-0.15, -0.1) is 12.4 Å². The summed E-state index contributed by atoms with van der Waals surface area (Å²) < 4.78 is 2.69. The number of nitrogens with one attached hydrogen (secondary N) is 1. The van der Waals surface area contributed by atoms with Gasteiger partial charge in [0.25, 0.3) is 5.91 Å². The topological polar surface area (TPSA) is 60.0 Å². The zero-order valence-electron chi connectivity index (χ0n) is 9.37. The second-order valence-electron chi connectivity index (χ2n) is 3.68. The molecule has 0 aliphatic carbocycles. The number of aryl methyl sites for hydroxylation is 1. The average Bonchev–Trinajstić information content (AvgIpc) is 2.44. The Morgan fingerprint density at radius 3 is 2.75 bits per heavy atom. The minimum absolute atomic E-state index is 0. The smallest absolute Gasteiger partial charge is 0.267 e. The van der Waals surface area contributed by atoms with Crippen molar-refractivity contribution in [2.45, 2.75) is 19.4 Å². The molecule has 3 N–H and O–H groups in total. The average molecular weight is 311 g/mol. The summed E-state index contributed by atoms with van der Waals surface area (Å²) in [6.07, 6.45) is 2.64. The normalized spacial score (nSPS) is 11.8. The lowest BCUT2D eigenvalue weighted by molar-refractivity contribution is 0.0944. The zero-order valence-corrected chi connectivity index (χ0v) is 11.8. The highest BCUT2D eigenvalue weighted by Gasteiger charge is 2.10. The highest BCUT2D eigenvalue weighted by atomic mass is 79.9. The fourth-order valence-corrected chi connectivity index (χ4v) is 1.78. The van der Waals surface area contributed by atoms with E-state index in [9.17, 15) is 4.79 Å². The standard InChI is InChI=1S/C10H16BrN3O.ClH/c1-7(12)3-4-13-10(15)9-5-8(11)6-14(9)2;/h5-7H,3-4,12H2,1-2H3,(H,13,15);1H. The number of nitrogens with two attached hydrogens (primary N) is 1. The van der Waals surface area contributed by atoms with E-state index < -0.39 is 0 Å². The summed E-state index contributed by atoms with van der Waals surface area (Å²) in [6, 6.07) is 1.91. The van der Waals surface area contributed by atoms with Gasteiger partial charge in [0.2, 0.25) is 0 Å². The fourth-order valence-electron chi connectivity index (χ4n) is 1.25. The van der Waals surface area contributed by atoms with Crippen LogP contribution in [0.15, 0.2) is 16.7 Å². The van der Waals surface area contributed by atoms with E-state index in [0.29, 0.717) is 12.2 Å². The summed E-state index contributed by atoms with van der Waals surface area (Å²) in [6.45, 7) is 2.53. The number of halogens is 2. The molecule has 1 heterocycles. The Morgan fingerprint density at radius 1 is 1.69 bits per heavy atom. The van der Waals surface area contributed by atoms with Crippen LogP contribution in [0.5, 0.6) is 0 Å². The summed E-state index contributed by atoms with van der Waals surface area (Å²) in [7, 11) is 1.84. The molecule has 0 aliphatic heterocycles. The van der Waals surface area contributed by atoms with Gasteiger partial charge in [0.05, 0.1) is 0 Å². The van der Waals surface area contributed by atoms with Crippen molar-refractivity contribution in [1.82, 2.24) is 9.88 Å². The van der Waals surface area contributed by atoms with Gasteiger partial charge in [-0.05, 0) is 35.3 Å². The Balaban J connectivity index is 0.00000225. The molecule has 4 nitrogen and oxygen atoms in total. The fraction of sp³-hybridized carbons (Fsp3) is 0.500. The van der Waals surface area contributed by atoms with Gasteiger partial charge in [0.1, 0.15) is 5.69 Å². The van der Waals surface area contributed by atoms with E-state index in [0.717, 1.165) is 10.9 Å². The molecule has 0 bridgehead atoms. The molecule has 0 saturated carbocycles. The predicted molar refractivity (Wildman–Crippen MR) is 71.0 cm³/mol. The molecule has 1 aromatic rings. The first-order valence-electron chi connectivity index (χ1n) is 4.86. The minimum Gasteiger partial charge on any atom is -0.351 e. The summed E-state index contributed by atoms with van der Waals surface area (Å²) in [5.74, 6) is -0.0659. The first-order chi connectivity index (χ1) is 7.00. The van der Waals surface area contributed by atoms with E-state index in [2.05, 4.69) is 21.2 Å². The first-order valence-corrected chi connectivity index (χ1v) is 5.65. The van der Waals surface area contributed by atoms with Gasteiger partial charge in [-0.2, -0.15) is 0 Å². The van der Waals surface area contributed by atoms with Crippen molar-refractivity contribution < 1.29 is 4.79 Å². The Hall–Kier alpha value is -0.520. The van der Waals surface area contributed by atoms with Gasteiger partial charge >= 0.3 is 0 Å². The maximum Gasteiger partial charge on any atom is 0.267 e. The van der Waals surface area contributed by atoms with E-state index in [1.54, 1.807) is 10.6 Å². The molecule has 0 fully saturated rings. The van der Waals surface area contributed by atoms with Crippen molar-refractivity contribution in [2.75, 3.05) is 6.54 Å². The van der Waals surface area contributed by atoms with Crippen LogP contribution in [0.1, 0.15) is 23.8 Å². The monoisotopic (exact) mass is 309 g/mol. The van der Waals surface area contributed by atoms with E-state index in [4.69, 9.17) is 5.73 Å². The summed E-state index contributed by atoms with van der Waals surface area (Å²) in [4.78, 5) is 11.7. The lowest BCUT2D eigenvalue weighted by Crippen LogP contribution is -2.29. The van der Waals surface area contributed by atoms with E-state index in [1.165, 1.54) is 0 Å². The lowest BCUT2D eigenvalue weighted by Gasteiger charge is -2.07. The molecule has 0 spiro atoms. The zero-order chi connectivity index (χ0) is 11.4. The number of rotatable bonds is 4. The van der Waals surface area contributed by atoms with Crippen LogP contribution in [0.2, 0.25) is 0 Å². The number of aromatic nitrogens is 1. The van der Waals surface area contributed by atoms with Crippen molar-refractivity contribution in [3.63, 3.8) is 0 Å². The van der Waals surface area contributed by atoms with Crippen LogP contribution in [-0.2, 0) is 7.05 Å². The van der Waals surface area contributed by atoms with Gasteiger partial charge in [-0.1, -0.05) is 0 Å². The quantitative estimate of drug-likeness (QED) is 0.889. The third-order valence-corrected chi connectivity index (χ3v) is 2.52. The highest BCUT2D eigenvalue weighted by Crippen LogP contribution is 2.13. The Bertz CT molecular complexity index is 352. The van der Waals surface area contributed by atoms with Gasteiger partial charge in [0.15, 0.2) is 0 Å².